The molecule has 3 rings (SSSR count). The molecule has 1 N–H and O–H groups in total. The van der Waals surface area contributed by atoms with Crippen molar-refractivity contribution in [3.8, 4) is 0 Å². The van der Waals surface area contributed by atoms with Crippen LogP contribution in [0.1, 0.15) is 51.4 Å². The maximum absolute atomic E-state index is 12.4. The molecule has 6 heteroatoms. The molecule has 0 bridgehead atoms. The Balaban J connectivity index is 0.00000144. The highest BCUT2D eigenvalue weighted by Crippen LogP contribution is 2.23. The standard InChI is InChI=1S/C18H33N3O.2ClH/c22-18(5-4-16-6-9-19-10-7-16)21-13-8-17(15-21)14-20-11-2-1-3-12-20;;/h16-17,19H,1-15H2;2*1H. The summed E-state index contributed by atoms with van der Waals surface area (Å²) in [4.78, 5) is 17.2. The Bertz CT molecular complexity index is 358. The molecule has 3 aliphatic heterocycles. The van der Waals surface area contributed by atoms with Gasteiger partial charge in [-0.1, -0.05) is 6.42 Å². The first kappa shape index (κ1) is 22.0. The molecule has 0 radical (unpaired) electrons. The van der Waals surface area contributed by atoms with Gasteiger partial charge >= 0.3 is 0 Å². The van der Waals surface area contributed by atoms with Crippen molar-refractivity contribution in [2.45, 2.75) is 51.4 Å². The fourth-order valence-corrected chi connectivity index (χ4v) is 4.37. The molecule has 3 heterocycles. The molecule has 0 aliphatic carbocycles. The smallest absolute Gasteiger partial charge is 0.222 e. The molecule has 4 nitrogen and oxygen atoms in total. The zero-order valence-corrected chi connectivity index (χ0v) is 16.5. The second-order valence-electron chi connectivity index (χ2n) is 7.59. The number of hydrogen-bond acceptors (Lipinski definition) is 3. The van der Waals surface area contributed by atoms with E-state index in [2.05, 4.69) is 15.1 Å². The molecule has 0 aromatic rings. The lowest BCUT2D eigenvalue weighted by molar-refractivity contribution is -0.130. The van der Waals surface area contributed by atoms with E-state index in [0.29, 0.717) is 5.91 Å². The molecule has 3 saturated heterocycles. The van der Waals surface area contributed by atoms with Gasteiger partial charge < -0.3 is 15.1 Å². The van der Waals surface area contributed by atoms with Crippen molar-refractivity contribution in [1.82, 2.24) is 15.1 Å². The number of nitrogens with one attached hydrogen (secondary N) is 1. The van der Waals surface area contributed by atoms with E-state index in [4.69, 9.17) is 0 Å². The second-order valence-corrected chi connectivity index (χ2v) is 7.59. The van der Waals surface area contributed by atoms with Crippen LogP contribution in [0.4, 0.5) is 0 Å². The zero-order valence-electron chi connectivity index (χ0n) is 14.9. The summed E-state index contributed by atoms with van der Waals surface area (Å²) in [5.74, 6) is 1.91. The van der Waals surface area contributed by atoms with E-state index >= 15 is 0 Å². The highest BCUT2D eigenvalue weighted by molar-refractivity contribution is 5.85. The number of likely N-dealkylation sites (tertiary alicyclic amines) is 2. The number of rotatable bonds is 5. The minimum Gasteiger partial charge on any atom is -0.342 e. The topological polar surface area (TPSA) is 35.6 Å². The van der Waals surface area contributed by atoms with E-state index in [1.54, 1.807) is 0 Å². The van der Waals surface area contributed by atoms with Gasteiger partial charge in [-0.15, -0.1) is 24.8 Å². The van der Waals surface area contributed by atoms with Gasteiger partial charge in [0.1, 0.15) is 0 Å². The van der Waals surface area contributed by atoms with Gasteiger partial charge in [-0.2, -0.15) is 0 Å². The van der Waals surface area contributed by atoms with Crippen LogP contribution in [0.25, 0.3) is 0 Å². The van der Waals surface area contributed by atoms with Crippen LogP contribution in [0.2, 0.25) is 0 Å². The van der Waals surface area contributed by atoms with Gasteiger partial charge in [0, 0.05) is 26.1 Å². The Labute approximate surface area is 159 Å². The van der Waals surface area contributed by atoms with Crippen LogP contribution >= 0.6 is 24.8 Å². The molecular formula is C18H35Cl2N3O. The number of halogens is 2. The van der Waals surface area contributed by atoms with Gasteiger partial charge in [0.25, 0.3) is 0 Å². The van der Waals surface area contributed by atoms with E-state index in [0.717, 1.165) is 50.9 Å². The van der Waals surface area contributed by atoms with Crippen molar-refractivity contribution >= 4 is 30.7 Å². The van der Waals surface area contributed by atoms with Crippen LogP contribution in [-0.4, -0.2) is 61.5 Å². The van der Waals surface area contributed by atoms with Crippen molar-refractivity contribution in [3.05, 3.63) is 0 Å². The number of hydrogen-bond donors (Lipinski definition) is 1. The summed E-state index contributed by atoms with van der Waals surface area (Å²) >= 11 is 0. The summed E-state index contributed by atoms with van der Waals surface area (Å²) in [7, 11) is 0. The molecule has 1 amide bonds. The molecule has 0 spiro atoms. The van der Waals surface area contributed by atoms with Crippen molar-refractivity contribution in [1.29, 1.82) is 0 Å². The van der Waals surface area contributed by atoms with Crippen molar-refractivity contribution in [2.75, 3.05) is 45.8 Å². The number of nitrogens with zero attached hydrogens (tertiary/aromatic N) is 2. The molecule has 1 atom stereocenters. The minimum atomic E-state index is 0. The molecule has 3 fully saturated rings. The molecule has 1 unspecified atom stereocenters. The van der Waals surface area contributed by atoms with Gasteiger partial charge in [0.05, 0.1) is 0 Å². The first-order valence-corrected chi connectivity index (χ1v) is 9.52. The van der Waals surface area contributed by atoms with Gasteiger partial charge in [-0.25, -0.2) is 0 Å². The lowest BCUT2D eigenvalue weighted by Crippen LogP contribution is -2.36. The molecule has 3 aliphatic rings. The van der Waals surface area contributed by atoms with Gasteiger partial charge in [-0.05, 0) is 76.5 Å². The monoisotopic (exact) mass is 379 g/mol. The Kier molecular flexibility index (Phi) is 10.6. The van der Waals surface area contributed by atoms with Gasteiger partial charge in [0.15, 0.2) is 0 Å². The highest BCUT2D eigenvalue weighted by atomic mass is 35.5. The average molecular weight is 380 g/mol. The third-order valence-corrected chi connectivity index (χ3v) is 5.83. The molecule has 0 saturated carbocycles. The van der Waals surface area contributed by atoms with Crippen molar-refractivity contribution in [3.63, 3.8) is 0 Å². The van der Waals surface area contributed by atoms with Crippen LogP contribution in [0.15, 0.2) is 0 Å². The summed E-state index contributed by atoms with van der Waals surface area (Å²) in [6.07, 6.45) is 9.75. The predicted octanol–water partition coefficient (Wildman–Crippen LogP) is 2.94. The Hall–Kier alpha value is -0.0300. The fourth-order valence-electron chi connectivity index (χ4n) is 4.37. The second kappa shape index (κ2) is 11.6. The van der Waals surface area contributed by atoms with Crippen LogP contribution in [-0.2, 0) is 4.79 Å². The third kappa shape index (κ3) is 6.70. The first-order valence-electron chi connectivity index (χ1n) is 9.52. The van der Waals surface area contributed by atoms with Crippen LogP contribution in [0.5, 0.6) is 0 Å². The summed E-state index contributed by atoms with van der Waals surface area (Å²) in [5, 5.41) is 3.40. The molecular weight excluding hydrogens is 345 g/mol. The average Bonchev–Trinajstić information content (AvgIpc) is 3.03. The zero-order chi connectivity index (χ0) is 15.2. The Morgan fingerprint density at radius 2 is 1.62 bits per heavy atom. The maximum atomic E-state index is 12.4. The van der Waals surface area contributed by atoms with E-state index in [1.165, 1.54) is 58.2 Å². The third-order valence-electron chi connectivity index (χ3n) is 5.83. The van der Waals surface area contributed by atoms with Gasteiger partial charge in [0.2, 0.25) is 5.91 Å². The quantitative estimate of drug-likeness (QED) is 0.797. The normalized spacial score (nSPS) is 25.8. The Morgan fingerprint density at radius 1 is 0.917 bits per heavy atom. The molecule has 142 valence electrons. The van der Waals surface area contributed by atoms with E-state index in [-0.39, 0.29) is 24.8 Å². The van der Waals surface area contributed by atoms with Crippen LogP contribution in [0.3, 0.4) is 0 Å². The SMILES string of the molecule is Cl.Cl.O=C(CCC1CCNCC1)N1CCC(CN2CCCCC2)C1. The number of carbonyl (C=O) groups excluding carboxylic acids is 1. The first-order chi connectivity index (χ1) is 10.8. The number of piperidine rings is 2. The van der Waals surface area contributed by atoms with E-state index < -0.39 is 0 Å². The predicted molar refractivity (Wildman–Crippen MR) is 104 cm³/mol. The number of carbonyl (C=O) groups is 1. The largest absolute Gasteiger partial charge is 0.342 e. The lowest BCUT2D eigenvalue weighted by atomic mass is 9.93. The summed E-state index contributed by atoms with van der Waals surface area (Å²) in [5.41, 5.74) is 0. The van der Waals surface area contributed by atoms with Gasteiger partial charge in [-0.3, -0.25) is 4.79 Å². The lowest BCUT2D eigenvalue weighted by Gasteiger charge is -2.29. The van der Waals surface area contributed by atoms with E-state index in [9.17, 15) is 4.79 Å². The van der Waals surface area contributed by atoms with E-state index in [1.807, 2.05) is 0 Å². The number of amides is 1. The van der Waals surface area contributed by atoms with Crippen LogP contribution in [0, 0.1) is 11.8 Å². The Morgan fingerprint density at radius 3 is 2.33 bits per heavy atom. The maximum Gasteiger partial charge on any atom is 0.222 e. The molecule has 0 aromatic heterocycles. The minimum absolute atomic E-state index is 0. The summed E-state index contributed by atoms with van der Waals surface area (Å²) < 4.78 is 0. The van der Waals surface area contributed by atoms with Crippen LogP contribution < -0.4 is 5.32 Å². The fraction of sp³-hybridized carbons (Fsp3) is 0.944. The van der Waals surface area contributed by atoms with Crippen molar-refractivity contribution in [2.24, 2.45) is 11.8 Å². The van der Waals surface area contributed by atoms with Crippen molar-refractivity contribution < 1.29 is 4.79 Å². The molecule has 0 aromatic carbocycles. The summed E-state index contributed by atoms with van der Waals surface area (Å²) in [6.45, 7) is 8.07. The highest BCUT2D eigenvalue weighted by Gasteiger charge is 2.28. The summed E-state index contributed by atoms with van der Waals surface area (Å²) in [6, 6.07) is 0. The molecule has 24 heavy (non-hydrogen) atoms.